The summed E-state index contributed by atoms with van der Waals surface area (Å²) < 4.78 is 0. The number of carbonyl (C=O) groups excluding carboxylic acids is 3. The van der Waals surface area contributed by atoms with Crippen LogP contribution in [0.15, 0.2) is 0 Å². The highest BCUT2D eigenvalue weighted by molar-refractivity contribution is 6.37. The van der Waals surface area contributed by atoms with E-state index in [0.29, 0.717) is 31.5 Å². The van der Waals surface area contributed by atoms with Crippen molar-refractivity contribution in [2.24, 2.45) is 28.6 Å². The van der Waals surface area contributed by atoms with E-state index >= 15 is 0 Å². The molecule has 0 spiro atoms. The molecule has 0 bridgehead atoms. The highest BCUT2D eigenvalue weighted by Crippen LogP contribution is 2.68. The summed E-state index contributed by atoms with van der Waals surface area (Å²) in [5.74, 6) is 1.19. The molecule has 23 heavy (non-hydrogen) atoms. The van der Waals surface area contributed by atoms with Crippen molar-refractivity contribution in [1.29, 1.82) is 0 Å². The molecule has 4 aliphatic rings. The number of ketones is 3. The quantitative estimate of drug-likeness (QED) is 0.634. The van der Waals surface area contributed by atoms with Crippen LogP contribution in [-0.4, -0.2) is 22.2 Å². The monoisotopic (exact) mass is 336 g/mol. The predicted molar refractivity (Wildman–Crippen MR) is 87.2 cm³/mol. The van der Waals surface area contributed by atoms with Crippen molar-refractivity contribution < 1.29 is 14.4 Å². The van der Waals surface area contributed by atoms with Crippen molar-refractivity contribution in [3.05, 3.63) is 0 Å². The third-order valence-electron chi connectivity index (χ3n) is 8.02. The molecular formula is C19H25ClO3. The molecule has 0 aromatic rings. The smallest absolute Gasteiger partial charge is 0.155 e. The summed E-state index contributed by atoms with van der Waals surface area (Å²) in [7, 11) is 0. The lowest BCUT2D eigenvalue weighted by molar-refractivity contribution is -0.156. The van der Waals surface area contributed by atoms with Gasteiger partial charge in [-0.1, -0.05) is 13.8 Å². The zero-order valence-electron chi connectivity index (χ0n) is 14.0. The summed E-state index contributed by atoms with van der Waals surface area (Å²) in [5, 5.41) is 0. The maximum absolute atomic E-state index is 13.2. The SMILES string of the molecule is C[C@]12CCC(=O)CC1CC[C@H]1[C@@H]3CCC(=O)[C@@]3(C)CC(=O)[C@@]12Cl. The zero-order chi connectivity index (χ0) is 16.6. The second-order valence-electron chi connectivity index (χ2n) is 8.84. The Morgan fingerprint density at radius 1 is 0.957 bits per heavy atom. The van der Waals surface area contributed by atoms with Crippen molar-refractivity contribution in [2.75, 3.05) is 0 Å². The van der Waals surface area contributed by atoms with Gasteiger partial charge in [-0.05, 0) is 48.9 Å². The lowest BCUT2D eigenvalue weighted by Crippen LogP contribution is -2.67. The molecule has 0 N–H and O–H groups in total. The van der Waals surface area contributed by atoms with Gasteiger partial charge in [-0.15, -0.1) is 11.6 Å². The van der Waals surface area contributed by atoms with E-state index in [2.05, 4.69) is 6.92 Å². The largest absolute Gasteiger partial charge is 0.300 e. The van der Waals surface area contributed by atoms with Gasteiger partial charge in [-0.2, -0.15) is 0 Å². The summed E-state index contributed by atoms with van der Waals surface area (Å²) in [4.78, 5) is 36.7. The van der Waals surface area contributed by atoms with Gasteiger partial charge in [-0.3, -0.25) is 14.4 Å². The molecule has 0 aromatic carbocycles. The third-order valence-corrected chi connectivity index (χ3v) is 8.95. The van der Waals surface area contributed by atoms with Crippen LogP contribution < -0.4 is 0 Å². The third kappa shape index (κ3) is 1.75. The number of halogens is 1. The van der Waals surface area contributed by atoms with Gasteiger partial charge in [0.25, 0.3) is 0 Å². The highest BCUT2D eigenvalue weighted by Gasteiger charge is 2.70. The number of fused-ring (bicyclic) bond motifs is 5. The van der Waals surface area contributed by atoms with Crippen LogP contribution in [0.1, 0.15) is 65.2 Å². The van der Waals surface area contributed by atoms with Gasteiger partial charge in [0, 0.05) is 31.1 Å². The second-order valence-corrected chi connectivity index (χ2v) is 9.43. The Hall–Kier alpha value is -0.700. The van der Waals surface area contributed by atoms with E-state index in [0.717, 1.165) is 25.7 Å². The maximum atomic E-state index is 13.2. The van der Waals surface area contributed by atoms with Crippen molar-refractivity contribution in [3.8, 4) is 0 Å². The Balaban J connectivity index is 1.79. The van der Waals surface area contributed by atoms with E-state index in [9.17, 15) is 14.4 Å². The molecule has 0 amide bonds. The van der Waals surface area contributed by atoms with Gasteiger partial charge in [-0.25, -0.2) is 0 Å². The first-order chi connectivity index (χ1) is 10.7. The molecule has 0 aromatic heterocycles. The first-order valence-electron chi connectivity index (χ1n) is 9.01. The standard InChI is InChI=1S/C19H25ClO3/c1-17-10-16(23)19(20)14(13(17)5-6-15(17)22)4-3-11-9-12(21)7-8-18(11,19)2/h11,13-14H,3-10H2,1-2H3/t11?,13-,14-,17-,18-,19-/m0/s1. The van der Waals surface area contributed by atoms with Gasteiger partial charge in [0.05, 0.1) is 0 Å². The Morgan fingerprint density at radius 2 is 1.70 bits per heavy atom. The normalized spacial score (nSPS) is 52.8. The van der Waals surface area contributed by atoms with Crippen LogP contribution >= 0.6 is 11.6 Å². The van der Waals surface area contributed by atoms with Crippen molar-refractivity contribution >= 4 is 29.0 Å². The van der Waals surface area contributed by atoms with Crippen LogP contribution in [0.25, 0.3) is 0 Å². The zero-order valence-corrected chi connectivity index (χ0v) is 14.7. The summed E-state index contributed by atoms with van der Waals surface area (Å²) in [6, 6.07) is 0. The second kappa shape index (κ2) is 4.68. The first kappa shape index (κ1) is 15.8. The number of Topliss-reactive ketones (excluding diaryl/α,β-unsaturated/α-hetero) is 3. The number of hydrogen-bond acceptors (Lipinski definition) is 3. The van der Waals surface area contributed by atoms with Crippen molar-refractivity contribution in [3.63, 3.8) is 0 Å². The minimum Gasteiger partial charge on any atom is -0.300 e. The van der Waals surface area contributed by atoms with Crippen LogP contribution in [0.3, 0.4) is 0 Å². The predicted octanol–water partition coefficient (Wildman–Crippen LogP) is 3.71. The Kier molecular flexibility index (Phi) is 3.22. The summed E-state index contributed by atoms with van der Waals surface area (Å²) in [6.07, 6.45) is 5.46. The average Bonchev–Trinajstić information content (AvgIpc) is 2.77. The molecule has 0 saturated heterocycles. The molecular weight excluding hydrogens is 312 g/mol. The fraction of sp³-hybridized carbons (Fsp3) is 0.842. The number of hydrogen-bond donors (Lipinski definition) is 0. The van der Waals surface area contributed by atoms with Gasteiger partial charge < -0.3 is 0 Å². The summed E-state index contributed by atoms with van der Waals surface area (Å²) >= 11 is 7.19. The molecule has 4 fully saturated rings. The molecule has 4 heteroatoms. The molecule has 0 aliphatic heterocycles. The lowest BCUT2D eigenvalue weighted by Gasteiger charge is -2.62. The Bertz CT molecular complexity index is 614. The maximum Gasteiger partial charge on any atom is 0.155 e. The van der Waals surface area contributed by atoms with Gasteiger partial charge in [0.1, 0.15) is 16.4 Å². The van der Waals surface area contributed by atoms with E-state index < -0.39 is 10.3 Å². The molecule has 126 valence electrons. The lowest BCUT2D eigenvalue weighted by atomic mass is 9.44. The van der Waals surface area contributed by atoms with Crippen molar-refractivity contribution in [2.45, 2.75) is 70.1 Å². The minimum absolute atomic E-state index is 0.0692. The first-order valence-corrected chi connectivity index (χ1v) is 9.38. The molecule has 0 heterocycles. The number of carbonyl (C=O) groups is 3. The van der Waals surface area contributed by atoms with E-state index in [-0.39, 0.29) is 34.7 Å². The fourth-order valence-electron chi connectivity index (χ4n) is 6.55. The molecule has 4 aliphatic carbocycles. The van der Waals surface area contributed by atoms with E-state index in [1.165, 1.54) is 0 Å². The molecule has 3 nitrogen and oxygen atoms in total. The molecule has 0 radical (unpaired) electrons. The topological polar surface area (TPSA) is 51.2 Å². The van der Waals surface area contributed by atoms with Crippen LogP contribution in [-0.2, 0) is 14.4 Å². The van der Waals surface area contributed by atoms with Gasteiger partial charge >= 0.3 is 0 Å². The van der Waals surface area contributed by atoms with Crippen LogP contribution in [0, 0.1) is 28.6 Å². The minimum atomic E-state index is -0.870. The molecule has 4 rings (SSSR count). The fourth-order valence-corrected chi connectivity index (χ4v) is 7.12. The summed E-state index contributed by atoms with van der Waals surface area (Å²) in [6.45, 7) is 4.13. The van der Waals surface area contributed by atoms with Gasteiger partial charge in [0.2, 0.25) is 0 Å². The van der Waals surface area contributed by atoms with Gasteiger partial charge in [0.15, 0.2) is 5.78 Å². The van der Waals surface area contributed by atoms with Crippen molar-refractivity contribution in [1.82, 2.24) is 0 Å². The molecule has 6 atom stereocenters. The van der Waals surface area contributed by atoms with E-state index in [1.54, 1.807) is 0 Å². The Labute approximate surface area is 142 Å². The molecule has 4 saturated carbocycles. The number of alkyl halides is 1. The average molecular weight is 337 g/mol. The Morgan fingerprint density at radius 3 is 2.43 bits per heavy atom. The molecule has 1 unspecified atom stereocenters. The van der Waals surface area contributed by atoms with E-state index in [4.69, 9.17) is 11.6 Å². The van der Waals surface area contributed by atoms with Crippen LogP contribution in [0.5, 0.6) is 0 Å². The summed E-state index contributed by atoms with van der Waals surface area (Å²) in [5.41, 5.74) is -0.788. The van der Waals surface area contributed by atoms with E-state index in [1.807, 2.05) is 6.92 Å². The number of rotatable bonds is 0. The van der Waals surface area contributed by atoms with Crippen LogP contribution in [0.4, 0.5) is 0 Å². The highest BCUT2D eigenvalue weighted by atomic mass is 35.5. The van der Waals surface area contributed by atoms with Crippen LogP contribution in [0.2, 0.25) is 0 Å².